The first-order valence-corrected chi connectivity index (χ1v) is 9.36. The fourth-order valence-electron chi connectivity index (χ4n) is 4.03. The van der Waals surface area contributed by atoms with Gasteiger partial charge in [0.15, 0.2) is 0 Å². The zero-order valence-corrected chi connectivity index (χ0v) is 14.8. The van der Waals surface area contributed by atoms with Crippen molar-refractivity contribution in [3.05, 3.63) is 29.8 Å². The maximum Gasteiger partial charge on any atom is 0.0587 e. The molecule has 0 radical (unpaired) electrons. The average molecular weight is 316 g/mol. The Morgan fingerprint density at radius 3 is 2.61 bits per heavy atom. The van der Waals surface area contributed by atoms with E-state index in [0.29, 0.717) is 6.10 Å². The van der Waals surface area contributed by atoms with Crippen LogP contribution in [0, 0.1) is 6.92 Å². The summed E-state index contributed by atoms with van der Waals surface area (Å²) in [7, 11) is 2.30. The standard InChI is InChI=1S/C20H32N2O/c1-17-7-3-4-9-20(17)22-14-10-18(11-15-22)21(2)13-12-19-8-5-6-16-23-19/h3-4,7,9,18-19H,5-6,8,10-16H2,1-2H3. The predicted molar refractivity (Wildman–Crippen MR) is 97.3 cm³/mol. The van der Waals surface area contributed by atoms with Crippen molar-refractivity contribution in [2.45, 2.75) is 57.6 Å². The normalized spacial score (nSPS) is 23.4. The van der Waals surface area contributed by atoms with Gasteiger partial charge < -0.3 is 14.5 Å². The van der Waals surface area contributed by atoms with E-state index in [1.54, 1.807) is 0 Å². The Kier molecular flexibility index (Phi) is 5.96. The smallest absolute Gasteiger partial charge is 0.0587 e. The van der Waals surface area contributed by atoms with E-state index < -0.39 is 0 Å². The van der Waals surface area contributed by atoms with E-state index in [1.807, 2.05) is 0 Å². The zero-order chi connectivity index (χ0) is 16.1. The quantitative estimate of drug-likeness (QED) is 0.820. The molecule has 3 heteroatoms. The van der Waals surface area contributed by atoms with Gasteiger partial charge >= 0.3 is 0 Å². The minimum absolute atomic E-state index is 0.512. The van der Waals surface area contributed by atoms with Gasteiger partial charge in [-0.2, -0.15) is 0 Å². The minimum atomic E-state index is 0.512. The number of aryl methyl sites for hydroxylation is 1. The summed E-state index contributed by atoms with van der Waals surface area (Å²) < 4.78 is 5.87. The molecule has 1 unspecified atom stereocenters. The lowest BCUT2D eigenvalue weighted by atomic mass is 10.0. The highest BCUT2D eigenvalue weighted by Crippen LogP contribution is 2.25. The van der Waals surface area contributed by atoms with Crippen molar-refractivity contribution in [3.63, 3.8) is 0 Å². The molecule has 0 spiro atoms. The number of ether oxygens (including phenoxy) is 1. The minimum Gasteiger partial charge on any atom is -0.378 e. The van der Waals surface area contributed by atoms with Crippen LogP contribution in [0.2, 0.25) is 0 Å². The lowest BCUT2D eigenvalue weighted by molar-refractivity contribution is 0.00415. The van der Waals surface area contributed by atoms with E-state index in [2.05, 4.69) is 48.0 Å². The highest BCUT2D eigenvalue weighted by molar-refractivity contribution is 5.53. The van der Waals surface area contributed by atoms with Gasteiger partial charge in [0.05, 0.1) is 6.10 Å². The summed E-state index contributed by atoms with van der Waals surface area (Å²) in [6, 6.07) is 9.51. The fraction of sp³-hybridized carbons (Fsp3) is 0.700. The summed E-state index contributed by atoms with van der Waals surface area (Å²) in [6.45, 7) is 6.74. The third-order valence-electron chi connectivity index (χ3n) is 5.62. The monoisotopic (exact) mass is 316 g/mol. The van der Waals surface area contributed by atoms with Gasteiger partial charge in [0, 0.05) is 38.0 Å². The Morgan fingerprint density at radius 1 is 1.13 bits per heavy atom. The third kappa shape index (κ3) is 4.48. The molecule has 128 valence electrons. The second kappa shape index (κ2) is 8.16. The van der Waals surface area contributed by atoms with Crippen LogP contribution >= 0.6 is 0 Å². The molecule has 3 rings (SSSR count). The molecule has 0 bridgehead atoms. The number of hydrogen-bond donors (Lipinski definition) is 0. The van der Waals surface area contributed by atoms with E-state index in [-0.39, 0.29) is 0 Å². The highest BCUT2D eigenvalue weighted by atomic mass is 16.5. The first-order valence-electron chi connectivity index (χ1n) is 9.36. The summed E-state index contributed by atoms with van der Waals surface area (Å²) in [4.78, 5) is 5.14. The Morgan fingerprint density at radius 2 is 1.91 bits per heavy atom. The van der Waals surface area contributed by atoms with Crippen molar-refractivity contribution in [3.8, 4) is 0 Å². The van der Waals surface area contributed by atoms with Crippen molar-refractivity contribution < 1.29 is 4.74 Å². The SMILES string of the molecule is Cc1ccccc1N1CCC(N(C)CCC2CCCCO2)CC1. The molecule has 0 aliphatic carbocycles. The van der Waals surface area contributed by atoms with Gasteiger partial charge in [-0.05, 0) is 64.1 Å². The summed E-state index contributed by atoms with van der Waals surface area (Å²) in [5, 5.41) is 0. The summed E-state index contributed by atoms with van der Waals surface area (Å²) in [5.41, 5.74) is 2.82. The molecule has 3 nitrogen and oxygen atoms in total. The van der Waals surface area contributed by atoms with Gasteiger partial charge in [-0.3, -0.25) is 0 Å². The maximum atomic E-state index is 5.87. The van der Waals surface area contributed by atoms with E-state index in [0.717, 1.165) is 12.6 Å². The van der Waals surface area contributed by atoms with Crippen LogP contribution in [0.1, 0.15) is 44.1 Å². The zero-order valence-electron chi connectivity index (χ0n) is 14.8. The van der Waals surface area contributed by atoms with Crippen LogP contribution in [0.5, 0.6) is 0 Å². The van der Waals surface area contributed by atoms with Crippen molar-refractivity contribution in [1.29, 1.82) is 0 Å². The van der Waals surface area contributed by atoms with Crippen LogP contribution in [0.25, 0.3) is 0 Å². The fourth-order valence-corrected chi connectivity index (χ4v) is 4.03. The van der Waals surface area contributed by atoms with Crippen molar-refractivity contribution in [1.82, 2.24) is 4.90 Å². The highest BCUT2D eigenvalue weighted by Gasteiger charge is 2.24. The molecule has 2 fully saturated rings. The molecule has 1 aromatic carbocycles. The molecule has 2 aliphatic rings. The largest absolute Gasteiger partial charge is 0.378 e. The van der Waals surface area contributed by atoms with E-state index in [4.69, 9.17) is 4.74 Å². The topological polar surface area (TPSA) is 15.7 Å². The molecule has 1 aromatic rings. The Balaban J connectivity index is 1.44. The molecule has 2 heterocycles. The number of hydrogen-bond acceptors (Lipinski definition) is 3. The number of para-hydroxylation sites is 1. The third-order valence-corrected chi connectivity index (χ3v) is 5.62. The molecule has 1 atom stereocenters. The molecule has 2 saturated heterocycles. The van der Waals surface area contributed by atoms with Gasteiger partial charge in [0.1, 0.15) is 0 Å². The Labute approximate surface area is 141 Å². The molecule has 0 N–H and O–H groups in total. The van der Waals surface area contributed by atoms with E-state index in [9.17, 15) is 0 Å². The lowest BCUT2D eigenvalue weighted by Crippen LogP contribution is -2.44. The van der Waals surface area contributed by atoms with Crippen LogP contribution in [0.4, 0.5) is 5.69 Å². The van der Waals surface area contributed by atoms with Crippen molar-refractivity contribution >= 4 is 5.69 Å². The summed E-state index contributed by atoms with van der Waals surface area (Å²) in [6.07, 6.45) is 8.13. The lowest BCUT2D eigenvalue weighted by Gasteiger charge is -2.39. The van der Waals surface area contributed by atoms with Gasteiger partial charge in [-0.1, -0.05) is 18.2 Å². The molecule has 0 saturated carbocycles. The number of benzene rings is 1. The number of rotatable bonds is 5. The summed E-state index contributed by atoms with van der Waals surface area (Å²) >= 11 is 0. The van der Waals surface area contributed by atoms with Gasteiger partial charge in [0.2, 0.25) is 0 Å². The first-order chi connectivity index (χ1) is 11.2. The van der Waals surface area contributed by atoms with Crippen LogP contribution in [-0.2, 0) is 4.74 Å². The van der Waals surface area contributed by atoms with Crippen molar-refractivity contribution in [2.75, 3.05) is 38.2 Å². The van der Waals surface area contributed by atoms with Gasteiger partial charge in [-0.25, -0.2) is 0 Å². The molecule has 0 amide bonds. The molecule has 23 heavy (non-hydrogen) atoms. The van der Waals surface area contributed by atoms with Crippen LogP contribution in [-0.4, -0.2) is 50.3 Å². The van der Waals surface area contributed by atoms with Crippen molar-refractivity contribution in [2.24, 2.45) is 0 Å². The second-order valence-corrected chi connectivity index (χ2v) is 7.26. The number of anilines is 1. The average Bonchev–Trinajstić information content (AvgIpc) is 2.61. The number of nitrogens with zero attached hydrogens (tertiary/aromatic N) is 2. The van der Waals surface area contributed by atoms with Gasteiger partial charge in [0.25, 0.3) is 0 Å². The van der Waals surface area contributed by atoms with E-state index in [1.165, 1.54) is 69.4 Å². The maximum absolute atomic E-state index is 5.87. The Hall–Kier alpha value is -1.06. The summed E-state index contributed by atoms with van der Waals surface area (Å²) in [5.74, 6) is 0. The van der Waals surface area contributed by atoms with Crippen LogP contribution < -0.4 is 4.90 Å². The second-order valence-electron chi connectivity index (χ2n) is 7.26. The first kappa shape index (κ1) is 16.8. The van der Waals surface area contributed by atoms with E-state index >= 15 is 0 Å². The van der Waals surface area contributed by atoms with Crippen LogP contribution in [0.15, 0.2) is 24.3 Å². The Bertz CT molecular complexity index is 476. The van der Waals surface area contributed by atoms with Crippen LogP contribution in [0.3, 0.4) is 0 Å². The predicted octanol–water partition coefficient (Wildman–Crippen LogP) is 3.85. The number of piperidine rings is 1. The van der Waals surface area contributed by atoms with Gasteiger partial charge in [-0.15, -0.1) is 0 Å². The molecule has 2 aliphatic heterocycles. The molecule has 0 aromatic heterocycles. The molecular weight excluding hydrogens is 284 g/mol. The molecular formula is C20H32N2O.